The van der Waals surface area contributed by atoms with Gasteiger partial charge in [0.05, 0.1) is 29.1 Å². The molecule has 34 heavy (non-hydrogen) atoms. The second-order valence-electron chi connectivity index (χ2n) is 8.14. The number of para-hydroxylation sites is 1. The van der Waals surface area contributed by atoms with Gasteiger partial charge in [0.15, 0.2) is 11.6 Å². The van der Waals surface area contributed by atoms with Gasteiger partial charge in [0.1, 0.15) is 5.82 Å². The summed E-state index contributed by atoms with van der Waals surface area (Å²) in [6.45, 7) is 0. The van der Waals surface area contributed by atoms with Crippen molar-refractivity contribution in [3.05, 3.63) is 102 Å². The number of Topliss-reactive ketones (excluding diaryl/α,β-unsaturated/α-hetero) is 2. The largest absolute Gasteiger partial charge is 0.342 e. The summed E-state index contributed by atoms with van der Waals surface area (Å²) >= 11 is 0. The molecule has 164 valence electrons. The number of allylic oxidation sites excluding steroid dienone is 1. The van der Waals surface area contributed by atoms with E-state index in [1.54, 1.807) is 30.5 Å². The van der Waals surface area contributed by atoms with Gasteiger partial charge in [-0.05, 0) is 41.5 Å². The number of hydrogen-bond donors (Lipinski definition) is 1. The SMILES string of the molecule is N#Cc1cccc(-c2cccc(C(=O)Cc3nc4c(C(=O)CC5=NC=CC5)cccc4[nH]3)c2)c1. The fourth-order valence-electron chi connectivity index (χ4n) is 4.08. The van der Waals surface area contributed by atoms with Crippen molar-refractivity contribution in [2.24, 2.45) is 4.99 Å². The smallest absolute Gasteiger partial charge is 0.170 e. The van der Waals surface area contributed by atoms with Crippen molar-refractivity contribution in [1.82, 2.24) is 9.97 Å². The molecule has 4 aromatic rings. The number of aromatic nitrogens is 2. The number of nitrogens with one attached hydrogen (secondary N) is 1. The van der Waals surface area contributed by atoms with E-state index in [9.17, 15) is 9.59 Å². The molecule has 1 aliphatic rings. The Hall–Kier alpha value is -4.63. The number of carbonyl (C=O) groups is 2. The summed E-state index contributed by atoms with van der Waals surface area (Å²) in [5.74, 6) is 0.387. The molecule has 3 aromatic carbocycles. The molecule has 0 unspecified atom stereocenters. The van der Waals surface area contributed by atoms with Crippen LogP contribution in [0.3, 0.4) is 0 Å². The molecular formula is C28H20N4O2. The van der Waals surface area contributed by atoms with Crippen molar-refractivity contribution in [1.29, 1.82) is 5.26 Å². The molecule has 0 bridgehead atoms. The molecule has 0 atom stereocenters. The van der Waals surface area contributed by atoms with Crippen LogP contribution in [0.5, 0.6) is 0 Å². The first-order chi connectivity index (χ1) is 16.6. The average molecular weight is 444 g/mol. The number of nitriles is 1. The minimum absolute atomic E-state index is 0.0373. The predicted octanol–water partition coefficient (Wildman–Crippen LogP) is 5.46. The molecule has 6 heteroatoms. The first-order valence-electron chi connectivity index (χ1n) is 11.0. The zero-order chi connectivity index (χ0) is 23.5. The van der Waals surface area contributed by atoms with Crippen LogP contribution in [-0.2, 0) is 6.42 Å². The van der Waals surface area contributed by atoms with Gasteiger partial charge >= 0.3 is 0 Å². The zero-order valence-electron chi connectivity index (χ0n) is 18.3. The van der Waals surface area contributed by atoms with Crippen LogP contribution in [0.1, 0.15) is 44.9 Å². The molecule has 5 rings (SSSR count). The topological polar surface area (TPSA) is 99.0 Å². The number of rotatable bonds is 7. The van der Waals surface area contributed by atoms with Crippen molar-refractivity contribution in [3.8, 4) is 17.2 Å². The molecule has 0 amide bonds. The maximum atomic E-state index is 13.0. The lowest BCUT2D eigenvalue weighted by molar-refractivity contribution is 0.0987. The highest BCUT2D eigenvalue weighted by Gasteiger charge is 2.18. The third-order valence-electron chi connectivity index (χ3n) is 5.78. The molecule has 0 spiro atoms. The van der Waals surface area contributed by atoms with Crippen LogP contribution >= 0.6 is 0 Å². The molecular weight excluding hydrogens is 424 g/mol. The zero-order valence-corrected chi connectivity index (χ0v) is 18.3. The minimum Gasteiger partial charge on any atom is -0.342 e. The van der Waals surface area contributed by atoms with Crippen molar-refractivity contribution >= 4 is 28.3 Å². The lowest BCUT2D eigenvalue weighted by Crippen LogP contribution is -2.07. The Kier molecular flexibility index (Phi) is 5.67. The Morgan fingerprint density at radius 1 is 0.941 bits per heavy atom. The van der Waals surface area contributed by atoms with Crippen molar-refractivity contribution in [2.75, 3.05) is 0 Å². The summed E-state index contributed by atoms with van der Waals surface area (Å²) in [5.41, 5.74) is 5.54. The Labute approximate surface area is 196 Å². The van der Waals surface area contributed by atoms with Gasteiger partial charge in [-0.2, -0.15) is 5.26 Å². The van der Waals surface area contributed by atoms with Crippen molar-refractivity contribution in [3.63, 3.8) is 0 Å². The van der Waals surface area contributed by atoms with Gasteiger partial charge in [0.2, 0.25) is 0 Å². The van der Waals surface area contributed by atoms with E-state index >= 15 is 0 Å². The van der Waals surface area contributed by atoms with E-state index in [1.165, 1.54) is 0 Å². The van der Waals surface area contributed by atoms with Gasteiger partial charge in [-0.1, -0.05) is 42.5 Å². The highest BCUT2D eigenvalue weighted by atomic mass is 16.1. The lowest BCUT2D eigenvalue weighted by atomic mass is 9.99. The molecule has 0 saturated heterocycles. The molecule has 0 fully saturated rings. The quantitative estimate of drug-likeness (QED) is 0.383. The number of aliphatic imine (C=N–C) groups is 1. The number of carbonyl (C=O) groups excluding carboxylic acids is 2. The van der Waals surface area contributed by atoms with E-state index in [0.29, 0.717) is 34.5 Å². The van der Waals surface area contributed by atoms with Gasteiger partial charge in [-0.15, -0.1) is 0 Å². The Bertz CT molecular complexity index is 1540. The van der Waals surface area contributed by atoms with Crippen LogP contribution in [0.2, 0.25) is 0 Å². The maximum absolute atomic E-state index is 13.0. The number of imidazole rings is 1. The van der Waals surface area contributed by atoms with Crippen LogP contribution in [0.15, 0.2) is 84.0 Å². The lowest BCUT2D eigenvalue weighted by Gasteiger charge is -2.05. The second-order valence-corrected chi connectivity index (χ2v) is 8.14. The fourth-order valence-corrected chi connectivity index (χ4v) is 4.08. The van der Waals surface area contributed by atoms with Crippen LogP contribution < -0.4 is 0 Å². The van der Waals surface area contributed by atoms with Crippen LogP contribution in [-0.4, -0.2) is 27.2 Å². The maximum Gasteiger partial charge on any atom is 0.170 e. The number of fused-ring (bicyclic) bond motifs is 1. The fraction of sp³-hybridized carbons (Fsp3) is 0.107. The predicted molar refractivity (Wildman–Crippen MR) is 131 cm³/mol. The first-order valence-corrected chi connectivity index (χ1v) is 11.0. The van der Waals surface area contributed by atoms with Crippen LogP contribution in [0, 0.1) is 11.3 Å². The number of nitrogens with zero attached hydrogens (tertiary/aromatic N) is 3. The molecule has 0 aliphatic carbocycles. The number of aromatic amines is 1. The summed E-state index contributed by atoms with van der Waals surface area (Å²) in [6, 6.07) is 22.2. The van der Waals surface area contributed by atoms with Gasteiger partial charge in [0.25, 0.3) is 0 Å². The van der Waals surface area contributed by atoms with E-state index in [4.69, 9.17) is 5.26 Å². The molecule has 2 heterocycles. The summed E-state index contributed by atoms with van der Waals surface area (Å²) in [5, 5.41) is 9.16. The third-order valence-corrected chi connectivity index (χ3v) is 5.78. The molecule has 1 aliphatic heterocycles. The van der Waals surface area contributed by atoms with E-state index < -0.39 is 0 Å². The number of ketones is 2. The van der Waals surface area contributed by atoms with Crippen LogP contribution in [0.4, 0.5) is 0 Å². The molecule has 1 aromatic heterocycles. The number of H-pyrrole nitrogens is 1. The molecule has 0 radical (unpaired) electrons. The summed E-state index contributed by atoms with van der Waals surface area (Å²) in [7, 11) is 0. The normalized spacial score (nSPS) is 12.5. The van der Waals surface area contributed by atoms with Crippen LogP contribution in [0.25, 0.3) is 22.2 Å². The summed E-state index contributed by atoms with van der Waals surface area (Å²) in [6.07, 6.45) is 4.68. The molecule has 1 N–H and O–H groups in total. The monoisotopic (exact) mass is 444 g/mol. The van der Waals surface area contributed by atoms with Crippen molar-refractivity contribution < 1.29 is 9.59 Å². The van der Waals surface area contributed by atoms with Gasteiger partial charge in [-0.25, -0.2) is 4.98 Å². The Balaban J connectivity index is 1.38. The van der Waals surface area contributed by atoms with Gasteiger partial charge in [-0.3, -0.25) is 14.6 Å². The highest BCUT2D eigenvalue weighted by Crippen LogP contribution is 2.23. The van der Waals surface area contributed by atoms with Crippen molar-refractivity contribution in [2.45, 2.75) is 19.3 Å². The molecule has 6 nitrogen and oxygen atoms in total. The Morgan fingerprint density at radius 3 is 2.53 bits per heavy atom. The molecule has 0 saturated carbocycles. The minimum atomic E-state index is -0.0865. The van der Waals surface area contributed by atoms with Gasteiger partial charge < -0.3 is 4.98 Å². The first kappa shape index (κ1) is 21.2. The second kappa shape index (κ2) is 9.08. The van der Waals surface area contributed by atoms with E-state index in [2.05, 4.69) is 21.0 Å². The Morgan fingerprint density at radius 2 is 1.74 bits per heavy atom. The standard InChI is InChI=1S/C28H20N4O2/c29-17-18-5-1-6-19(13-18)20-7-2-8-21(14-20)25(33)16-27-31-24-11-3-10-23(28(24)32-27)26(34)15-22-9-4-12-30-22/h1-8,10-14H,9,15-16H2,(H,31,32). The number of hydrogen-bond acceptors (Lipinski definition) is 5. The van der Waals surface area contributed by atoms with E-state index in [1.807, 2.05) is 48.5 Å². The third kappa shape index (κ3) is 4.32. The average Bonchev–Trinajstić information content (AvgIpc) is 3.53. The van der Waals surface area contributed by atoms with E-state index in [0.717, 1.165) is 22.4 Å². The number of benzene rings is 3. The summed E-state index contributed by atoms with van der Waals surface area (Å²) < 4.78 is 0. The summed E-state index contributed by atoms with van der Waals surface area (Å²) in [4.78, 5) is 37.9. The van der Waals surface area contributed by atoms with E-state index in [-0.39, 0.29) is 24.4 Å². The highest BCUT2D eigenvalue weighted by molar-refractivity contribution is 6.15. The van der Waals surface area contributed by atoms with Gasteiger partial charge in [0, 0.05) is 35.9 Å².